The lowest BCUT2D eigenvalue weighted by molar-refractivity contribution is -0.291. The lowest BCUT2D eigenvalue weighted by Gasteiger charge is -2.30. The fraction of sp³-hybridized carbons (Fsp3) is 1.00. The van der Waals surface area contributed by atoms with Gasteiger partial charge in [0.2, 0.25) is 0 Å². The Balaban J connectivity index is 5.07. The van der Waals surface area contributed by atoms with E-state index in [0.717, 1.165) is 0 Å². The molecule has 92 valence electrons. The fourth-order valence-electron chi connectivity index (χ4n) is 0.800. The summed E-state index contributed by atoms with van der Waals surface area (Å²) in [6.07, 6.45) is -12.9. The Bertz CT molecular complexity index is 183. The Kier molecular flexibility index (Phi) is 4.32. The number of methoxy groups -OCH3 is 1. The van der Waals surface area contributed by atoms with Gasteiger partial charge < -0.3 is 4.74 Å². The molecule has 0 aliphatic rings. The lowest BCUT2D eigenvalue weighted by Crippen LogP contribution is -2.55. The molecule has 0 amide bonds. The van der Waals surface area contributed by atoms with Gasteiger partial charge in [0.1, 0.15) is 0 Å². The SMILES string of the molecule is COC(C(F)(F)C(F)F)C(F)(F)C(F)F. The summed E-state index contributed by atoms with van der Waals surface area (Å²) < 4.78 is 99.4. The Hall–Kier alpha value is -0.600. The number of alkyl halides is 8. The Morgan fingerprint density at radius 3 is 1.20 bits per heavy atom. The van der Waals surface area contributed by atoms with Crippen LogP contribution in [0.2, 0.25) is 0 Å². The third-order valence-electron chi connectivity index (χ3n) is 1.52. The summed E-state index contributed by atoms with van der Waals surface area (Å²) >= 11 is 0. The van der Waals surface area contributed by atoms with Crippen LogP contribution in [0.3, 0.4) is 0 Å². The minimum Gasteiger partial charge on any atom is -0.369 e. The highest BCUT2D eigenvalue weighted by molar-refractivity contribution is 4.92. The normalized spacial score (nSPS) is 14.4. The van der Waals surface area contributed by atoms with Crippen molar-refractivity contribution in [1.82, 2.24) is 0 Å². The van der Waals surface area contributed by atoms with Crippen LogP contribution in [0.1, 0.15) is 0 Å². The van der Waals surface area contributed by atoms with E-state index in [1.807, 2.05) is 0 Å². The van der Waals surface area contributed by atoms with E-state index in [9.17, 15) is 35.1 Å². The van der Waals surface area contributed by atoms with Crippen LogP contribution in [-0.4, -0.2) is 37.9 Å². The smallest absolute Gasteiger partial charge is 0.339 e. The van der Waals surface area contributed by atoms with Gasteiger partial charge in [0.25, 0.3) is 0 Å². The van der Waals surface area contributed by atoms with Gasteiger partial charge in [-0.2, -0.15) is 17.6 Å². The lowest BCUT2D eigenvalue weighted by atomic mass is 10.1. The fourth-order valence-corrected chi connectivity index (χ4v) is 0.800. The summed E-state index contributed by atoms with van der Waals surface area (Å²) in [7, 11) is 0.219. The summed E-state index contributed by atoms with van der Waals surface area (Å²) in [5, 5.41) is 0. The highest BCUT2D eigenvalue weighted by Gasteiger charge is 2.64. The second kappa shape index (κ2) is 4.50. The van der Waals surface area contributed by atoms with Crippen molar-refractivity contribution in [1.29, 1.82) is 0 Å². The van der Waals surface area contributed by atoms with Crippen molar-refractivity contribution in [3.63, 3.8) is 0 Å². The van der Waals surface area contributed by atoms with Crippen LogP contribution in [-0.2, 0) is 4.74 Å². The van der Waals surface area contributed by atoms with Crippen LogP contribution in [0, 0.1) is 0 Å². The zero-order valence-electron chi connectivity index (χ0n) is 7.16. The van der Waals surface area contributed by atoms with E-state index in [4.69, 9.17) is 0 Å². The molecule has 0 spiro atoms. The molecule has 0 aromatic carbocycles. The van der Waals surface area contributed by atoms with Gasteiger partial charge in [-0.1, -0.05) is 0 Å². The van der Waals surface area contributed by atoms with E-state index in [2.05, 4.69) is 4.74 Å². The maximum atomic E-state index is 12.4. The van der Waals surface area contributed by atoms with Gasteiger partial charge in [-0.25, -0.2) is 17.6 Å². The standard InChI is InChI=1S/C6H6F8O/c1-15-2(5(11,12)3(7)8)6(13,14)4(9)10/h2-4H,1H3. The monoisotopic (exact) mass is 246 g/mol. The largest absolute Gasteiger partial charge is 0.369 e. The maximum Gasteiger partial charge on any atom is 0.339 e. The molecule has 0 aliphatic carbocycles. The zero-order chi connectivity index (χ0) is 12.4. The summed E-state index contributed by atoms with van der Waals surface area (Å²) in [6, 6.07) is 0. The van der Waals surface area contributed by atoms with Crippen molar-refractivity contribution >= 4 is 0 Å². The number of hydrogen-bond acceptors (Lipinski definition) is 1. The Labute approximate surface area is 79.0 Å². The first-order valence-electron chi connectivity index (χ1n) is 3.43. The maximum absolute atomic E-state index is 12.4. The molecule has 0 radical (unpaired) electrons. The molecule has 0 saturated carbocycles. The van der Waals surface area contributed by atoms with E-state index < -0.39 is 30.8 Å². The molecule has 0 saturated heterocycles. The van der Waals surface area contributed by atoms with Gasteiger partial charge in [0, 0.05) is 7.11 Å². The highest BCUT2D eigenvalue weighted by Crippen LogP contribution is 2.40. The zero-order valence-corrected chi connectivity index (χ0v) is 7.16. The molecule has 0 unspecified atom stereocenters. The molecule has 0 bridgehead atoms. The third-order valence-corrected chi connectivity index (χ3v) is 1.52. The first-order valence-corrected chi connectivity index (χ1v) is 3.43. The summed E-state index contributed by atoms with van der Waals surface area (Å²) in [6.45, 7) is 0. The molecule has 0 heterocycles. The van der Waals surface area contributed by atoms with E-state index in [-0.39, 0.29) is 7.11 Å². The molecule has 0 aliphatic heterocycles. The summed E-state index contributed by atoms with van der Waals surface area (Å²) in [5.74, 6) is -10.7. The van der Waals surface area contributed by atoms with Gasteiger partial charge in [-0.15, -0.1) is 0 Å². The molecule has 0 fully saturated rings. The predicted octanol–water partition coefficient (Wildman–Crippen LogP) is 2.80. The second-order valence-corrected chi connectivity index (χ2v) is 2.57. The van der Waals surface area contributed by atoms with Gasteiger partial charge in [-0.05, 0) is 0 Å². The van der Waals surface area contributed by atoms with Crippen molar-refractivity contribution in [2.75, 3.05) is 7.11 Å². The van der Waals surface area contributed by atoms with E-state index in [1.54, 1.807) is 0 Å². The van der Waals surface area contributed by atoms with Gasteiger partial charge in [-0.3, -0.25) is 0 Å². The van der Waals surface area contributed by atoms with Crippen LogP contribution in [0.5, 0.6) is 0 Å². The Morgan fingerprint density at radius 1 is 0.800 bits per heavy atom. The predicted molar refractivity (Wildman–Crippen MR) is 32.7 cm³/mol. The van der Waals surface area contributed by atoms with E-state index in [1.165, 1.54) is 0 Å². The van der Waals surface area contributed by atoms with Gasteiger partial charge >= 0.3 is 24.7 Å². The van der Waals surface area contributed by atoms with Crippen LogP contribution >= 0.6 is 0 Å². The number of ether oxygens (including phenoxy) is 1. The Morgan fingerprint density at radius 2 is 1.07 bits per heavy atom. The van der Waals surface area contributed by atoms with Crippen LogP contribution in [0.4, 0.5) is 35.1 Å². The molecule has 9 heteroatoms. The van der Waals surface area contributed by atoms with Gasteiger partial charge in [0.05, 0.1) is 0 Å². The molecule has 0 rings (SSSR count). The van der Waals surface area contributed by atoms with Crippen LogP contribution in [0.15, 0.2) is 0 Å². The van der Waals surface area contributed by atoms with Crippen molar-refractivity contribution in [2.45, 2.75) is 30.8 Å². The van der Waals surface area contributed by atoms with Crippen molar-refractivity contribution in [3.05, 3.63) is 0 Å². The van der Waals surface area contributed by atoms with Crippen molar-refractivity contribution < 1.29 is 39.9 Å². The van der Waals surface area contributed by atoms with Crippen LogP contribution in [0.25, 0.3) is 0 Å². The molecular weight excluding hydrogens is 240 g/mol. The average Bonchev–Trinajstić information content (AvgIpc) is 2.03. The average molecular weight is 246 g/mol. The number of halogens is 8. The van der Waals surface area contributed by atoms with Crippen molar-refractivity contribution in [2.24, 2.45) is 0 Å². The summed E-state index contributed by atoms with van der Waals surface area (Å²) in [5.41, 5.74) is 0. The number of rotatable bonds is 5. The molecule has 1 nitrogen and oxygen atoms in total. The first kappa shape index (κ1) is 14.4. The minimum atomic E-state index is -5.35. The summed E-state index contributed by atoms with van der Waals surface area (Å²) in [4.78, 5) is 0. The molecule has 15 heavy (non-hydrogen) atoms. The second-order valence-electron chi connectivity index (χ2n) is 2.57. The molecular formula is C6H6F8O. The van der Waals surface area contributed by atoms with E-state index in [0.29, 0.717) is 0 Å². The molecule has 0 atom stereocenters. The topological polar surface area (TPSA) is 9.23 Å². The first-order chi connectivity index (χ1) is 6.58. The van der Waals surface area contributed by atoms with Crippen molar-refractivity contribution in [3.8, 4) is 0 Å². The van der Waals surface area contributed by atoms with E-state index >= 15 is 0 Å². The van der Waals surface area contributed by atoms with Gasteiger partial charge in [0.15, 0.2) is 6.10 Å². The third kappa shape index (κ3) is 2.70. The minimum absolute atomic E-state index is 0.219. The van der Waals surface area contributed by atoms with Crippen LogP contribution < -0.4 is 0 Å². The molecule has 0 aromatic rings. The number of hydrogen-bond donors (Lipinski definition) is 0. The molecule has 0 N–H and O–H groups in total. The highest BCUT2D eigenvalue weighted by atomic mass is 19.3. The molecule has 0 aromatic heterocycles. The quantitative estimate of drug-likeness (QED) is 0.678.